The molecule has 0 saturated heterocycles. The Kier molecular flexibility index (Phi) is 5.19. The van der Waals surface area contributed by atoms with Crippen LogP contribution >= 0.6 is 23.1 Å². The van der Waals surface area contributed by atoms with Gasteiger partial charge in [0, 0.05) is 4.88 Å². The number of hydrogen-bond donors (Lipinski definition) is 1. The van der Waals surface area contributed by atoms with Crippen LogP contribution in [0.5, 0.6) is 0 Å². The van der Waals surface area contributed by atoms with Gasteiger partial charge >= 0.3 is 0 Å². The largest absolute Gasteiger partial charge is 0.316 e. The van der Waals surface area contributed by atoms with Gasteiger partial charge in [0.1, 0.15) is 11.1 Å². The third-order valence-corrected chi connectivity index (χ3v) is 7.65. The number of thioether (sulfide) groups is 1. The summed E-state index contributed by atoms with van der Waals surface area (Å²) in [7, 11) is 0. The normalized spacial score (nSPS) is 19.1. The monoisotopic (exact) mass is 416 g/mol. The van der Waals surface area contributed by atoms with E-state index >= 15 is 0 Å². The number of amides is 1. The van der Waals surface area contributed by atoms with Gasteiger partial charge in [-0.3, -0.25) is 4.79 Å². The van der Waals surface area contributed by atoms with E-state index in [0.29, 0.717) is 27.7 Å². The lowest BCUT2D eigenvalue weighted by Gasteiger charge is -2.33. The summed E-state index contributed by atoms with van der Waals surface area (Å²) in [5, 5.41) is 25.7. The molecule has 0 radical (unpaired) electrons. The zero-order valence-electron chi connectivity index (χ0n) is 16.4. The van der Waals surface area contributed by atoms with Crippen molar-refractivity contribution in [3.05, 3.63) is 16.0 Å². The fourth-order valence-corrected chi connectivity index (χ4v) is 5.69. The smallest absolute Gasteiger partial charge is 0.235 e. The van der Waals surface area contributed by atoms with Crippen LogP contribution in [0.2, 0.25) is 0 Å². The van der Waals surface area contributed by atoms with Gasteiger partial charge in [0.25, 0.3) is 0 Å². The Morgan fingerprint density at radius 3 is 2.86 bits per heavy atom. The number of anilines is 1. The first-order valence-electron chi connectivity index (χ1n) is 9.62. The van der Waals surface area contributed by atoms with E-state index in [4.69, 9.17) is 0 Å². The number of aromatic nitrogens is 4. The maximum absolute atomic E-state index is 12.5. The fraction of sp³-hybridized carbons (Fsp3) is 0.632. The van der Waals surface area contributed by atoms with E-state index in [1.165, 1.54) is 16.6 Å². The first kappa shape index (κ1) is 19.4. The van der Waals surface area contributed by atoms with Gasteiger partial charge in [0.2, 0.25) is 11.1 Å². The van der Waals surface area contributed by atoms with Crippen molar-refractivity contribution in [1.29, 1.82) is 5.26 Å². The first-order valence-corrected chi connectivity index (χ1v) is 11.4. The Hall–Kier alpha value is -1.92. The average molecular weight is 417 g/mol. The van der Waals surface area contributed by atoms with E-state index in [2.05, 4.69) is 47.7 Å². The molecule has 1 saturated carbocycles. The number of carbonyl (C=O) groups excluding carboxylic acids is 1. The van der Waals surface area contributed by atoms with Crippen LogP contribution in [0, 0.1) is 22.7 Å². The second-order valence-electron chi connectivity index (χ2n) is 8.60. The minimum atomic E-state index is -0.127. The standard InChI is InChI=1S/C19H24N6OS2/c1-19(2,3)11-4-7-13-14(9-20)17(28-15(13)8-11)21-16(26)10-27-18-22-23-24-25(18)12-5-6-12/h11-12H,4-8,10H2,1-3H3,(H,21,26)/t11-/m1/s1. The van der Waals surface area contributed by atoms with E-state index < -0.39 is 0 Å². The molecule has 0 unspecified atom stereocenters. The molecule has 0 bridgehead atoms. The molecule has 2 heterocycles. The minimum Gasteiger partial charge on any atom is -0.316 e. The lowest BCUT2D eigenvalue weighted by atomic mass is 9.72. The topological polar surface area (TPSA) is 96.5 Å². The number of carbonyl (C=O) groups is 1. The Bertz CT molecular complexity index is 931. The van der Waals surface area contributed by atoms with Crippen LogP contribution in [0.3, 0.4) is 0 Å². The molecular formula is C19H24N6OS2. The van der Waals surface area contributed by atoms with Crippen LogP contribution in [-0.4, -0.2) is 31.9 Å². The molecule has 0 spiro atoms. The number of nitriles is 1. The molecule has 28 heavy (non-hydrogen) atoms. The van der Waals surface area contributed by atoms with Crippen LogP contribution in [-0.2, 0) is 17.6 Å². The third kappa shape index (κ3) is 3.94. The van der Waals surface area contributed by atoms with Crippen LogP contribution < -0.4 is 5.32 Å². The Morgan fingerprint density at radius 2 is 2.18 bits per heavy atom. The van der Waals surface area contributed by atoms with Crippen molar-refractivity contribution in [2.45, 2.75) is 64.1 Å². The zero-order chi connectivity index (χ0) is 19.9. The molecule has 2 aromatic rings. The van der Waals surface area contributed by atoms with Crippen molar-refractivity contribution in [3.8, 4) is 6.07 Å². The molecule has 9 heteroatoms. The summed E-state index contributed by atoms with van der Waals surface area (Å²) >= 11 is 2.90. The molecule has 2 aromatic heterocycles. The van der Waals surface area contributed by atoms with E-state index in [1.54, 1.807) is 16.0 Å². The molecule has 148 valence electrons. The van der Waals surface area contributed by atoms with Crippen LogP contribution in [0.15, 0.2) is 5.16 Å². The van der Waals surface area contributed by atoms with E-state index in [-0.39, 0.29) is 17.1 Å². The summed E-state index contributed by atoms with van der Waals surface area (Å²) < 4.78 is 1.80. The number of tetrazole rings is 1. The lowest BCUT2D eigenvalue weighted by Crippen LogP contribution is -2.26. The lowest BCUT2D eigenvalue weighted by molar-refractivity contribution is -0.113. The Balaban J connectivity index is 1.43. The van der Waals surface area contributed by atoms with Crippen LogP contribution in [0.25, 0.3) is 0 Å². The summed E-state index contributed by atoms with van der Waals surface area (Å²) in [6.45, 7) is 6.82. The van der Waals surface area contributed by atoms with Gasteiger partial charge in [-0.05, 0) is 59.4 Å². The maximum Gasteiger partial charge on any atom is 0.235 e. The summed E-state index contributed by atoms with van der Waals surface area (Å²) in [6.07, 6.45) is 5.17. The van der Waals surface area contributed by atoms with E-state index in [9.17, 15) is 10.1 Å². The van der Waals surface area contributed by atoms with Gasteiger partial charge < -0.3 is 5.32 Å². The Morgan fingerprint density at radius 1 is 1.39 bits per heavy atom. The molecule has 1 atom stereocenters. The van der Waals surface area contributed by atoms with Crippen LogP contribution in [0.1, 0.15) is 62.1 Å². The van der Waals surface area contributed by atoms with E-state index in [1.807, 2.05) is 0 Å². The number of nitrogens with one attached hydrogen (secondary N) is 1. The number of hydrogen-bond acceptors (Lipinski definition) is 7. The van der Waals surface area contributed by atoms with Gasteiger partial charge in [-0.2, -0.15) is 5.26 Å². The molecule has 4 rings (SSSR count). The van der Waals surface area contributed by atoms with Gasteiger partial charge in [-0.15, -0.1) is 16.4 Å². The van der Waals surface area contributed by atoms with E-state index in [0.717, 1.165) is 37.7 Å². The van der Waals surface area contributed by atoms with Crippen molar-refractivity contribution in [2.24, 2.45) is 11.3 Å². The SMILES string of the molecule is CC(C)(C)[C@@H]1CCc2c(sc(NC(=O)CSc3nnnn3C3CC3)c2C#N)C1. The maximum atomic E-state index is 12.5. The second kappa shape index (κ2) is 7.48. The highest BCUT2D eigenvalue weighted by atomic mass is 32.2. The molecular weight excluding hydrogens is 392 g/mol. The molecule has 1 N–H and O–H groups in total. The third-order valence-electron chi connectivity index (χ3n) is 5.54. The summed E-state index contributed by atoms with van der Waals surface area (Å²) in [6, 6.07) is 2.70. The van der Waals surface area contributed by atoms with Gasteiger partial charge in [0.15, 0.2) is 0 Å². The summed E-state index contributed by atoms with van der Waals surface area (Å²) in [4.78, 5) is 13.7. The second-order valence-corrected chi connectivity index (χ2v) is 10.6. The predicted octanol–water partition coefficient (Wildman–Crippen LogP) is 3.82. The molecule has 0 aliphatic heterocycles. The molecule has 0 aromatic carbocycles. The molecule has 7 nitrogen and oxygen atoms in total. The first-order chi connectivity index (χ1) is 13.4. The van der Waals surface area contributed by atoms with Gasteiger partial charge in [-0.1, -0.05) is 32.5 Å². The summed E-state index contributed by atoms with van der Waals surface area (Å²) in [5.41, 5.74) is 2.03. The molecule has 1 fully saturated rings. The number of thiophene rings is 1. The highest BCUT2D eigenvalue weighted by Crippen LogP contribution is 2.44. The van der Waals surface area contributed by atoms with Crippen molar-refractivity contribution in [3.63, 3.8) is 0 Å². The predicted molar refractivity (Wildman–Crippen MR) is 109 cm³/mol. The average Bonchev–Trinajstić information content (AvgIpc) is 3.27. The summed E-state index contributed by atoms with van der Waals surface area (Å²) in [5.74, 6) is 0.703. The van der Waals surface area contributed by atoms with Crippen molar-refractivity contribution in [1.82, 2.24) is 20.2 Å². The fourth-order valence-electron chi connectivity index (χ4n) is 3.65. The molecule has 2 aliphatic carbocycles. The van der Waals surface area contributed by atoms with Gasteiger partial charge in [0.05, 0.1) is 17.4 Å². The quantitative estimate of drug-likeness (QED) is 0.744. The van der Waals surface area contributed by atoms with Gasteiger partial charge in [-0.25, -0.2) is 4.68 Å². The minimum absolute atomic E-state index is 0.127. The van der Waals surface area contributed by atoms with Crippen molar-refractivity contribution >= 4 is 34.0 Å². The highest BCUT2D eigenvalue weighted by molar-refractivity contribution is 7.99. The van der Waals surface area contributed by atoms with Crippen LogP contribution in [0.4, 0.5) is 5.00 Å². The van der Waals surface area contributed by atoms with Crippen molar-refractivity contribution in [2.75, 3.05) is 11.1 Å². The van der Waals surface area contributed by atoms with Crippen molar-refractivity contribution < 1.29 is 4.79 Å². The number of nitrogens with zero attached hydrogens (tertiary/aromatic N) is 5. The zero-order valence-corrected chi connectivity index (χ0v) is 18.0. The number of rotatable bonds is 5. The molecule has 2 aliphatic rings. The number of fused-ring (bicyclic) bond motifs is 1. The molecule has 1 amide bonds. The Labute approximate surface area is 172 Å². The highest BCUT2D eigenvalue weighted by Gasteiger charge is 2.32.